The SMILES string of the molecule is Cc1noc(C)c1CN1CC2(CCN(Cc3ccccc3C#N)CC2)CC1=O. The van der Waals surface area contributed by atoms with Crippen LogP contribution in [0.3, 0.4) is 0 Å². The van der Waals surface area contributed by atoms with Crippen molar-refractivity contribution < 1.29 is 9.32 Å². The van der Waals surface area contributed by atoms with E-state index in [4.69, 9.17) is 4.52 Å². The molecule has 1 aromatic carbocycles. The number of nitrogens with zero attached hydrogens (tertiary/aromatic N) is 4. The van der Waals surface area contributed by atoms with Crippen molar-refractivity contribution in [3.8, 4) is 6.07 Å². The van der Waals surface area contributed by atoms with Crippen molar-refractivity contribution in [3.63, 3.8) is 0 Å². The molecular weight excluding hydrogens is 352 g/mol. The van der Waals surface area contributed by atoms with Gasteiger partial charge in [0, 0.05) is 25.1 Å². The van der Waals surface area contributed by atoms with Gasteiger partial charge in [-0.25, -0.2) is 0 Å². The molecule has 6 heteroatoms. The maximum atomic E-state index is 12.7. The van der Waals surface area contributed by atoms with E-state index in [0.717, 1.165) is 67.2 Å². The van der Waals surface area contributed by atoms with Crippen LogP contribution in [0.15, 0.2) is 28.8 Å². The summed E-state index contributed by atoms with van der Waals surface area (Å²) < 4.78 is 5.25. The molecule has 28 heavy (non-hydrogen) atoms. The van der Waals surface area contributed by atoms with E-state index in [-0.39, 0.29) is 11.3 Å². The van der Waals surface area contributed by atoms with E-state index in [2.05, 4.69) is 16.1 Å². The van der Waals surface area contributed by atoms with E-state index in [1.54, 1.807) is 0 Å². The summed E-state index contributed by atoms with van der Waals surface area (Å²) >= 11 is 0. The quantitative estimate of drug-likeness (QED) is 0.817. The number of hydrogen-bond donors (Lipinski definition) is 0. The summed E-state index contributed by atoms with van der Waals surface area (Å²) in [5.74, 6) is 1.04. The molecule has 0 atom stereocenters. The van der Waals surface area contributed by atoms with E-state index < -0.39 is 0 Å². The number of nitriles is 1. The molecule has 4 rings (SSSR count). The minimum Gasteiger partial charge on any atom is -0.361 e. The van der Waals surface area contributed by atoms with Gasteiger partial charge in [-0.15, -0.1) is 0 Å². The molecule has 146 valence electrons. The maximum absolute atomic E-state index is 12.7. The Morgan fingerprint density at radius 1 is 1.21 bits per heavy atom. The Kier molecular flexibility index (Phi) is 4.94. The third-order valence-corrected chi connectivity index (χ3v) is 6.38. The van der Waals surface area contributed by atoms with Crippen LogP contribution in [0, 0.1) is 30.6 Å². The highest BCUT2D eigenvalue weighted by Gasteiger charge is 2.45. The van der Waals surface area contributed by atoms with Gasteiger partial charge < -0.3 is 9.42 Å². The third kappa shape index (κ3) is 3.55. The maximum Gasteiger partial charge on any atom is 0.223 e. The van der Waals surface area contributed by atoms with Crippen LogP contribution in [0.1, 0.15) is 47.4 Å². The summed E-state index contributed by atoms with van der Waals surface area (Å²) in [5.41, 5.74) is 3.84. The fraction of sp³-hybridized carbons (Fsp3) is 0.500. The summed E-state index contributed by atoms with van der Waals surface area (Å²) in [7, 11) is 0. The lowest BCUT2D eigenvalue weighted by Crippen LogP contribution is -2.41. The van der Waals surface area contributed by atoms with E-state index >= 15 is 0 Å². The zero-order valence-electron chi connectivity index (χ0n) is 16.6. The molecule has 0 aliphatic carbocycles. The van der Waals surface area contributed by atoms with Gasteiger partial charge in [0.15, 0.2) is 0 Å². The Balaban J connectivity index is 1.38. The van der Waals surface area contributed by atoms with Crippen molar-refractivity contribution in [3.05, 3.63) is 52.4 Å². The largest absolute Gasteiger partial charge is 0.361 e. The summed E-state index contributed by atoms with van der Waals surface area (Å²) in [5, 5.41) is 13.3. The van der Waals surface area contributed by atoms with Crippen LogP contribution in [-0.4, -0.2) is 40.5 Å². The Morgan fingerprint density at radius 2 is 1.96 bits per heavy atom. The molecule has 0 saturated carbocycles. The predicted octanol–water partition coefficient (Wildman–Crippen LogP) is 3.18. The second-order valence-corrected chi connectivity index (χ2v) is 8.27. The van der Waals surface area contributed by atoms with Crippen LogP contribution < -0.4 is 0 Å². The number of carbonyl (C=O) groups excluding carboxylic acids is 1. The fourth-order valence-electron chi connectivity index (χ4n) is 4.57. The van der Waals surface area contributed by atoms with Gasteiger partial charge in [0.1, 0.15) is 5.76 Å². The molecule has 6 nitrogen and oxygen atoms in total. The number of amides is 1. The monoisotopic (exact) mass is 378 g/mol. The normalized spacial score (nSPS) is 19.3. The Morgan fingerprint density at radius 3 is 2.64 bits per heavy atom. The number of benzene rings is 1. The van der Waals surface area contributed by atoms with E-state index in [9.17, 15) is 10.1 Å². The first-order valence-corrected chi connectivity index (χ1v) is 9.90. The smallest absolute Gasteiger partial charge is 0.223 e. The van der Waals surface area contributed by atoms with E-state index in [1.165, 1.54) is 0 Å². The molecule has 3 heterocycles. The Bertz CT molecular complexity index is 899. The minimum absolute atomic E-state index is 0.0846. The zero-order chi connectivity index (χ0) is 19.7. The number of piperidine rings is 1. The minimum atomic E-state index is 0.0846. The van der Waals surface area contributed by atoms with Crippen molar-refractivity contribution >= 4 is 5.91 Å². The summed E-state index contributed by atoms with van der Waals surface area (Å²) in [4.78, 5) is 17.1. The number of likely N-dealkylation sites (tertiary alicyclic amines) is 2. The van der Waals surface area contributed by atoms with Crippen molar-refractivity contribution in [2.24, 2.45) is 5.41 Å². The summed E-state index contributed by atoms with van der Waals surface area (Å²) in [6, 6.07) is 10.1. The molecule has 0 unspecified atom stereocenters. The first-order valence-electron chi connectivity index (χ1n) is 9.90. The van der Waals surface area contributed by atoms with Crippen molar-refractivity contribution in [1.82, 2.24) is 15.0 Å². The third-order valence-electron chi connectivity index (χ3n) is 6.38. The van der Waals surface area contributed by atoms with E-state index in [1.807, 2.05) is 43.0 Å². The fourth-order valence-corrected chi connectivity index (χ4v) is 4.57. The molecule has 0 bridgehead atoms. The molecule has 2 saturated heterocycles. The summed E-state index contributed by atoms with van der Waals surface area (Å²) in [6.07, 6.45) is 2.68. The molecule has 2 aliphatic rings. The molecule has 1 spiro atoms. The van der Waals surface area contributed by atoms with Gasteiger partial charge in [0.2, 0.25) is 5.91 Å². The molecule has 2 fully saturated rings. The van der Waals surface area contributed by atoms with Crippen LogP contribution in [0.4, 0.5) is 0 Å². The molecule has 2 aliphatic heterocycles. The summed E-state index contributed by atoms with van der Waals surface area (Å²) in [6.45, 7) is 7.98. The highest BCUT2D eigenvalue weighted by molar-refractivity contribution is 5.79. The van der Waals surface area contributed by atoms with Crippen molar-refractivity contribution in [2.45, 2.75) is 46.2 Å². The predicted molar refractivity (Wildman–Crippen MR) is 104 cm³/mol. The standard InChI is InChI=1S/C22H26N4O2/c1-16-20(17(2)28-24-16)14-26-15-22(11-21(26)27)7-9-25(10-8-22)13-19-6-4-3-5-18(19)12-23/h3-6H,7-11,13-15H2,1-2H3. The number of hydrogen-bond acceptors (Lipinski definition) is 5. The Labute approximate surface area is 165 Å². The zero-order valence-corrected chi connectivity index (χ0v) is 16.6. The van der Waals surface area contributed by atoms with E-state index in [0.29, 0.717) is 13.0 Å². The highest BCUT2D eigenvalue weighted by atomic mass is 16.5. The van der Waals surface area contributed by atoms with Crippen LogP contribution in [0.25, 0.3) is 0 Å². The van der Waals surface area contributed by atoms with Crippen LogP contribution >= 0.6 is 0 Å². The lowest BCUT2D eigenvalue weighted by atomic mass is 9.77. The lowest BCUT2D eigenvalue weighted by Gasteiger charge is -2.39. The van der Waals surface area contributed by atoms with Gasteiger partial charge >= 0.3 is 0 Å². The number of rotatable bonds is 4. The van der Waals surface area contributed by atoms with Crippen LogP contribution in [0.2, 0.25) is 0 Å². The topological polar surface area (TPSA) is 73.4 Å². The number of aryl methyl sites for hydroxylation is 2. The average molecular weight is 378 g/mol. The van der Waals surface area contributed by atoms with Crippen molar-refractivity contribution in [1.29, 1.82) is 5.26 Å². The average Bonchev–Trinajstić information content (AvgIpc) is 3.18. The first-order chi connectivity index (χ1) is 13.5. The van der Waals surface area contributed by atoms with Gasteiger partial charge in [0.25, 0.3) is 0 Å². The van der Waals surface area contributed by atoms with Crippen molar-refractivity contribution in [2.75, 3.05) is 19.6 Å². The molecule has 1 aromatic heterocycles. The number of aromatic nitrogens is 1. The second-order valence-electron chi connectivity index (χ2n) is 8.27. The Hall–Kier alpha value is -2.65. The van der Waals surface area contributed by atoms with Gasteiger partial charge in [0.05, 0.1) is 23.9 Å². The van der Waals surface area contributed by atoms with Crippen LogP contribution in [-0.2, 0) is 17.9 Å². The highest BCUT2D eigenvalue weighted by Crippen LogP contribution is 2.42. The number of carbonyl (C=O) groups is 1. The lowest BCUT2D eigenvalue weighted by molar-refractivity contribution is -0.128. The molecule has 0 N–H and O–H groups in total. The molecule has 1 amide bonds. The van der Waals surface area contributed by atoms with Gasteiger partial charge in [-0.1, -0.05) is 23.4 Å². The van der Waals surface area contributed by atoms with Crippen LogP contribution in [0.5, 0.6) is 0 Å². The van der Waals surface area contributed by atoms with Gasteiger partial charge in [-0.3, -0.25) is 9.69 Å². The van der Waals surface area contributed by atoms with Gasteiger partial charge in [-0.05, 0) is 56.8 Å². The second kappa shape index (κ2) is 7.40. The molecule has 0 radical (unpaired) electrons. The molecule has 2 aromatic rings. The van der Waals surface area contributed by atoms with Gasteiger partial charge in [-0.2, -0.15) is 5.26 Å². The molecular formula is C22H26N4O2. The first kappa shape index (κ1) is 18.7.